The van der Waals surface area contributed by atoms with Gasteiger partial charge in [-0.15, -0.1) is 0 Å². The number of anilines is 1. The molecule has 0 aliphatic carbocycles. The van der Waals surface area contributed by atoms with Crippen molar-refractivity contribution in [3.8, 4) is 11.3 Å². The Morgan fingerprint density at radius 3 is 2.56 bits per heavy atom. The van der Waals surface area contributed by atoms with Crippen molar-refractivity contribution < 1.29 is 0 Å². The van der Waals surface area contributed by atoms with Crippen molar-refractivity contribution in [2.24, 2.45) is 0 Å². The maximum Gasteiger partial charge on any atom is 0.155 e. The van der Waals surface area contributed by atoms with Crippen LogP contribution in [0.2, 0.25) is 0 Å². The topological polar surface area (TPSA) is 53.9 Å². The van der Waals surface area contributed by atoms with Gasteiger partial charge in [0, 0.05) is 18.0 Å². The second-order valence-corrected chi connectivity index (χ2v) is 7.68. The van der Waals surface area contributed by atoms with Crippen molar-refractivity contribution in [1.29, 1.82) is 0 Å². The van der Waals surface area contributed by atoms with E-state index in [0.29, 0.717) is 5.92 Å². The molecule has 140 valence electrons. The summed E-state index contributed by atoms with van der Waals surface area (Å²) in [4.78, 5) is 16.2. The molecular formula is C21H24IN5. The first-order chi connectivity index (χ1) is 13.3. The average Bonchev–Trinajstić information content (AvgIpc) is 2.74. The minimum absolute atomic E-state index is 0.675. The van der Waals surface area contributed by atoms with E-state index in [1.54, 1.807) is 12.4 Å². The SMILES string of the molecule is CCN1CCC(c2ccc(-c3cc4nccnc4c(NCI)n3)cc2)CC1. The summed E-state index contributed by atoms with van der Waals surface area (Å²) in [6.07, 6.45) is 5.94. The lowest BCUT2D eigenvalue weighted by Crippen LogP contribution is -2.32. The largest absolute Gasteiger partial charge is 0.359 e. The Balaban J connectivity index is 1.60. The number of hydrogen-bond acceptors (Lipinski definition) is 5. The fraction of sp³-hybridized carbons (Fsp3) is 0.381. The lowest BCUT2D eigenvalue weighted by atomic mass is 9.89. The van der Waals surface area contributed by atoms with Gasteiger partial charge in [-0.25, -0.2) is 9.97 Å². The molecule has 6 heteroatoms. The third kappa shape index (κ3) is 4.06. The Kier molecular flexibility index (Phi) is 5.83. The van der Waals surface area contributed by atoms with Crippen LogP contribution in [0.15, 0.2) is 42.7 Å². The molecule has 4 rings (SSSR count). The summed E-state index contributed by atoms with van der Waals surface area (Å²) in [7, 11) is 0. The van der Waals surface area contributed by atoms with E-state index in [0.717, 1.165) is 39.2 Å². The maximum absolute atomic E-state index is 4.80. The normalized spacial score (nSPS) is 15.9. The van der Waals surface area contributed by atoms with E-state index in [1.165, 1.54) is 31.5 Å². The van der Waals surface area contributed by atoms with Gasteiger partial charge >= 0.3 is 0 Å². The number of halogens is 1. The fourth-order valence-corrected chi connectivity index (χ4v) is 4.18. The van der Waals surface area contributed by atoms with Crippen molar-refractivity contribution in [1.82, 2.24) is 19.9 Å². The molecule has 0 radical (unpaired) electrons. The summed E-state index contributed by atoms with van der Waals surface area (Å²) in [5.41, 5.74) is 5.18. The number of fused-ring (bicyclic) bond motifs is 1. The van der Waals surface area contributed by atoms with Gasteiger partial charge in [-0.05, 0) is 50.0 Å². The number of rotatable bonds is 5. The fourth-order valence-electron chi connectivity index (χ4n) is 3.82. The van der Waals surface area contributed by atoms with Gasteiger partial charge in [-0.1, -0.05) is 53.8 Å². The van der Waals surface area contributed by atoms with E-state index in [2.05, 4.69) is 74.0 Å². The molecule has 1 saturated heterocycles. The summed E-state index contributed by atoms with van der Waals surface area (Å²) in [6.45, 7) is 5.82. The number of nitrogens with zero attached hydrogens (tertiary/aromatic N) is 4. The molecule has 3 aromatic rings. The zero-order chi connectivity index (χ0) is 18.6. The minimum Gasteiger partial charge on any atom is -0.359 e. The predicted octanol–water partition coefficient (Wildman–Crippen LogP) is 4.70. The number of hydrogen-bond donors (Lipinski definition) is 1. The molecule has 0 amide bonds. The number of benzene rings is 1. The van der Waals surface area contributed by atoms with Gasteiger partial charge in [0.05, 0.1) is 15.8 Å². The van der Waals surface area contributed by atoms with E-state index in [1.807, 2.05) is 6.07 Å². The van der Waals surface area contributed by atoms with E-state index >= 15 is 0 Å². The predicted molar refractivity (Wildman–Crippen MR) is 119 cm³/mol. The third-order valence-electron chi connectivity index (χ3n) is 5.40. The van der Waals surface area contributed by atoms with Crippen LogP contribution in [0.3, 0.4) is 0 Å². The van der Waals surface area contributed by atoms with Crippen LogP contribution >= 0.6 is 22.6 Å². The molecule has 1 fully saturated rings. The van der Waals surface area contributed by atoms with Crippen molar-refractivity contribution in [3.05, 3.63) is 48.3 Å². The number of alkyl halides is 1. The maximum atomic E-state index is 4.80. The van der Waals surface area contributed by atoms with Crippen molar-refractivity contribution in [2.75, 3.05) is 29.5 Å². The Morgan fingerprint density at radius 2 is 1.85 bits per heavy atom. The number of likely N-dealkylation sites (tertiary alicyclic amines) is 1. The first-order valence-corrected chi connectivity index (χ1v) is 11.1. The van der Waals surface area contributed by atoms with Crippen molar-refractivity contribution in [2.45, 2.75) is 25.7 Å². The molecule has 0 bridgehead atoms. The molecule has 3 heterocycles. The standard InChI is InChI=1S/C21H24IN5/c1-2-27-11-7-16(8-12-27)15-3-5-17(6-4-15)18-13-19-20(24-10-9-23-19)21(26-18)25-14-22/h3-6,9-10,13,16H,2,7-8,11-12,14H2,1H3,(H,25,26). The number of pyridine rings is 1. The van der Waals surface area contributed by atoms with Gasteiger partial charge < -0.3 is 10.2 Å². The van der Waals surface area contributed by atoms with Crippen molar-refractivity contribution >= 4 is 39.4 Å². The van der Waals surface area contributed by atoms with Gasteiger partial charge in [0.1, 0.15) is 5.52 Å². The average molecular weight is 473 g/mol. The highest BCUT2D eigenvalue weighted by Crippen LogP contribution is 2.31. The summed E-state index contributed by atoms with van der Waals surface area (Å²) < 4.78 is 0.773. The smallest absolute Gasteiger partial charge is 0.155 e. The minimum atomic E-state index is 0.675. The van der Waals surface area contributed by atoms with E-state index in [9.17, 15) is 0 Å². The van der Waals surface area contributed by atoms with Crippen LogP contribution in [0.25, 0.3) is 22.3 Å². The zero-order valence-corrected chi connectivity index (χ0v) is 17.7. The monoisotopic (exact) mass is 473 g/mol. The molecule has 27 heavy (non-hydrogen) atoms. The van der Waals surface area contributed by atoms with E-state index < -0.39 is 0 Å². The van der Waals surface area contributed by atoms with E-state index in [-0.39, 0.29) is 0 Å². The first-order valence-electron chi connectivity index (χ1n) is 9.52. The highest BCUT2D eigenvalue weighted by molar-refractivity contribution is 14.1. The summed E-state index contributed by atoms with van der Waals surface area (Å²) >= 11 is 2.28. The van der Waals surface area contributed by atoms with E-state index in [4.69, 9.17) is 4.98 Å². The molecule has 1 aliphatic rings. The molecule has 0 unspecified atom stereocenters. The van der Waals surface area contributed by atoms with Gasteiger partial charge in [-0.3, -0.25) is 4.98 Å². The Hall–Kier alpha value is -1.80. The van der Waals surface area contributed by atoms with Gasteiger partial charge in [0.15, 0.2) is 5.82 Å². The molecule has 0 spiro atoms. The lowest BCUT2D eigenvalue weighted by Gasteiger charge is -2.31. The molecule has 0 saturated carbocycles. The van der Waals surface area contributed by atoms with Crippen LogP contribution < -0.4 is 5.32 Å². The van der Waals surface area contributed by atoms with Crippen LogP contribution in [0.5, 0.6) is 0 Å². The van der Waals surface area contributed by atoms with Crippen molar-refractivity contribution in [3.63, 3.8) is 0 Å². The molecule has 2 aromatic heterocycles. The molecular weight excluding hydrogens is 449 g/mol. The van der Waals surface area contributed by atoms with Crippen LogP contribution in [-0.2, 0) is 0 Å². The highest BCUT2D eigenvalue weighted by Gasteiger charge is 2.19. The summed E-state index contributed by atoms with van der Waals surface area (Å²) in [5, 5.41) is 3.30. The van der Waals surface area contributed by atoms with Gasteiger partial charge in [0.25, 0.3) is 0 Å². The third-order valence-corrected chi connectivity index (χ3v) is 5.78. The van der Waals surface area contributed by atoms with Gasteiger partial charge in [0.2, 0.25) is 0 Å². The second-order valence-electron chi connectivity index (χ2n) is 6.92. The Bertz CT molecular complexity index is 904. The first kappa shape index (κ1) is 18.6. The van der Waals surface area contributed by atoms with Crippen LogP contribution in [0, 0.1) is 0 Å². The second kappa shape index (κ2) is 8.48. The Morgan fingerprint density at radius 1 is 1.11 bits per heavy atom. The molecule has 5 nitrogen and oxygen atoms in total. The lowest BCUT2D eigenvalue weighted by molar-refractivity contribution is 0.222. The Labute approximate surface area is 173 Å². The molecule has 1 N–H and O–H groups in total. The number of aromatic nitrogens is 3. The number of piperidine rings is 1. The van der Waals surface area contributed by atoms with Crippen LogP contribution in [0.4, 0.5) is 5.82 Å². The summed E-state index contributed by atoms with van der Waals surface area (Å²) in [5.74, 6) is 1.47. The molecule has 1 aromatic carbocycles. The molecule has 1 aliphatic heterocycles. The van der Waals surface area contributed by atoms with Crippen LogP contribution in [-0.4, -0.2) is 44.0 Å². The summed E-state index contributed by atoms with van der Waals surface area (Å²) in [6, 6.07) is 11.0. The highest BCUT2D eigenvalue weighted by atomic mass is 127. The van der Waals surface area contributed by atoms with Crippen LogP contribution in [0.1, 0.15) is 31.2 Å². The molecule has 0 atom stereocenters. The van der Waals surface area contributed by atoms with Gasteiger partial charge in [-0.2, -0.15) is 0 Å². The zero-order valence-electron chi connectivity index (χ0n) is 15.5. The quantitative estimate of drug-likeness (QED) is 0.331. The number of nitrogens with one attached hydrogen (secondary N) is 1.